The second kappa shape index (κ2) is 8.64. The van der Waals surface area contributed by atoms with E-state index in [4.69, 9.17) is 0 Å². The van der Waals surface area contributed by atoms with Crippen LogP contribution in [0.2, 0.25) is 0 Å². The van der Waals surface area contributed by atoms with Gasteiger partial charge in [-0.3, -0.25) is 14.9 Å². The van der Waals surface area contributed by atoms with Crippen molar-refractivity contribution in [2.24, 2.45) is 0 Å². The van der Waals surface area contributed by atoms with Crippen molar-refractivity contribution >= 4 is 23.1 Å². The van der Waals surface area contributed by atoms with Crippen molar-refractivity contribution in [1.82, 2.24) is 15.3 Å². The number of amides is 1. The minimum Gasteiger partial charge on any atom is -0.377 e. The number of nitrogens with zero attached hydrogens (tertiary/aromatic N) is 4. The lowest BCUT2D eigenvalue weighted by Gasteiger charge is -2.33. The van der Waals surface area contributed by atoms with Crippen LogP contribution in [0.4, 0.5) is 17.2 Å². The van der Waals surface area contributed by atoms with E-state index in [1.54, 1.807) is 18.5 Å². The van der Waals surface area contributed by atoms with E-state index in [0.717, 1.165) is 56.7 Å². The summed E-state index contributed by atoms with van der Waals surface area (Å²) < 4.78 is 0. The van der Waals surface area contributed by atoms with E-state index in [1.165, 1.54) is 6.07 Å². The highest BCUT2D eigenvalue weighted by Gasteiger charge is 2.26. The van der Waals surface area contributed by atoms with Crippen molar-refractivity contribution in [3.05, 3.63) is 52.0 Å². The molecule has 2 aliphatic rings. The zero-order valence-corrected chi connectivity index (χ0v) is 17.0. The zero-order valence-electron chi connectivity index (χ0n) is 17.0. The van der Waals surface area contributed by atoms with Crippen LogP contribution in [-0.4, -0.2) is 46.0 Å². The van der Waals surface area contributed by atoms with Gasteiger partial charge in [-0.1, -0.05) is 6.92 Å². The Kier molecular flexibility index (Phi) is 5.78. The predicted octanol–water partition coefficient (Wildman–Crippen LogP) is 2.92. The number of carbonyl (C=O) groups is 1. The Bertz CT molecular complexity index is 938. The summed E-state index contributed by atoms with van der Waals surface area (Å²) in [5, 5.41) is 17.8. The maximum absolute atomic E-state index is 12.2. The van der Waals surface area contributed by atoms with Gasteiger partial charge in [0.25, 0.3) is 11.6 Å². The van der Waals surface area contributed by atoms with Crippen LogP contribution in [0, 0.1) is 10.1 Å². The summed E-state index contributed by atoms with van der Waals surface area (Å²) in [4.78, 5) is 34.2. The smallest absolute Gasteiger partial charge is 0.293 e. The van der Waals surface area contributed by atoms with E-state index in [2.05, 4.69) is 32.4 Å². The van der Waals surface area contributed by atoms with Crippen molar-refractivity contribution < 1.29 is 9.72 Å². The molecule has 2 heterocycles. The number of aryl methyl sites for hydroxylation is 1. The third kappa shape index (κ3) is 4.67. The third-order valence-corrected chi connectivity index (χ3v) is 5.62. The topological polar surface area (TPSA) is 113 Å². The Labute approximate surface area is 175 Å². The van der Waals surface area contributed by atoms with Crippen LogP contribution in [0.1, 0.15) is 48.7 Å². The highest BCUT2D eigenvalue weighted by molar-refractivity contribution is 5.96. The molecule has 2 fully saturated rings. The SMILES string of the molecule is CCc1cc(N2CCC(Nc3ccc(C(=O)NC4CC4)cc3[N+](=O)[O-])CC2)ncn1. The maximum atomic E-state index is 12.2. The molecule has 0 bridgehead atoms. The number of carbonyl (C=O) groups excluding carboxylic acids is 1. The van der Waals surface area contributed by atoms with Gasteiger partial charge in [0.05, 0.1) is 4.92 Å². The molecule has 9 nitrogen and oxygen atoms in total. The monoisotopic (exact) mass is 410 g/mol. The number of nitro benzene ring substituents is 1. The minimum atomic E-state index is -0.432. The fourth-order valence-corrected chi connectivity index (χ4v) is 3.67. The first kappa shape index (κ1) is 20.1. The Morgan fingerprint density at radius 3 is 2.60 bits per heavy atom. The molecule has 0 radical (unpaired) electrons. The average Bonchev–Trinajstić information content (AvgIpc) is 3.58. The van der Waals surface area contributed by atoms with E-state index in [9.17, 15) is 14.9 Å². The summed E-state index contributed by atoms with van der Waals surface area (Å²) in [6, 6.07) is 7.01. The summed E-state index contributed by atoms with van der Waals surface area (Å²) >= 11 is 0. The van der Waals surface area contributed by atoms with Gasteiger partial charge in [-0.2, -0.15) is 0 Å². The van der Waals surface area contributed by atoms with Gasteiger partial charge in [-0.15, -0.1) is 0 Å². The minimum absolute atomic E-state index is 0.0655. The number of rotatable bonds is 7. The fraction of sp³-hybridized carbons (Fsp3) is 0.476. The van der Waals surface area contributed by atoms with Gasteiger partial charge < -0.3 is 15.5 Å². The van der Waals surface area contributed by atoms with Gasteiger partial charge in [-0.25, -0.2) is 9.97 Å². The first-order valence-corrected chi connectivity index (χ1v) is 10.4. The van der Waals surface area contributed by atoms with E-state index in [0.29, 0.717) is 11.3 Å². The molecule has 1 aromatic heterocycles. The van der Waals surface area contributed by atoms with Gasteiger partial charge in [0.15, 0.2) is 0 Å². The highest BCUT2D eigenvalue weighted by Crippen LogP contribution is 2.29. The standard InChI is InChI=1S/C21H26N6O3/c1-2-15-12-20(23-13-22-15)26-9-7-17(8-10-26)24-18-6-3-14(11-19(18)27(29)30)21(28)25-16-4-5-16/h3,6,11-13,16-17,24H,2,4-5,7-10H2,1H3,(H,25,28). The Morgan fingerprint density at radius 1 is 1.17 bits per heavy atom. The van der Waals surface area contributed by atoms with Crippen LogP contribution in [0.5, 0.6) is 0 Å². The lowest BCUT2D eigenvalue weighted by Crippen LogP contribution is -2.39. The van der Waals surface area contributed by atoms with E-state index >= 15 is 0 Å². The normalized spacial score (nSPS) is 16.9. The number of hydrogen-bond acceptors (Lipinski definition) is 7. The second-order valence-corrected chi connectivity index (χ2v) is 7.86. The van der Waals surface area contributed by atoms with Gasteiger partial charge >= 0.3 is 0 Å². The predicted molar refractivity (Wildman–Crippen MR) is 114 cm³/mol. The molecule has 1 aliphatic heterocycles. The molecular formula is C21H26N6O3. The molecule has 4 rings (SSSR count). The fourth-order valence-electron chi connectivity index (χ4n) is 3.67. The number of anilines is 2. The molecule has 1 aromatic carbocycles. The van der Waals surface area contributed by atoms with Crippen molar-refractivity contribution in [3.63, 3.8) is 0 Å². The van der Waals surface area contributed by atoms with Crippen LogP contribution in [-0.2, 0) is 6.42 Å². The lowest BCUT2D eigenvalue weighted by atomic mass is 10.0. The molecule has 1 saturated heterocycles. The summed E-state index contributed by atoms with van der Waals surface area (Å²) in [5.74, 6) is 0.675. The Morgan fingerprint density at radius 2 is 1.93 bits per heavy atom. The number of benzene rings is 1. The van der Waals surface area contributed by atoms with Crippen molar-refractivity contribution in [3.8, 4) is 0 Å². The van der Waals surface area contributed by atoms with Gasteiger partial charge in [0.1, 0.15) is 17.8 Å². The van der Waals surface area contributed by atoms with Crippen LogP contribution in [0.3, 0.4) is 0 Å². The molecule has 2 N–H and O–H groups in total. The summed E-state index contributed by atoms with van der Waals surface area (Å²) in [5.41, 5.74) is 1.73. The molecule has 1 saturated carbocycles. The number of hydrogen-bond donors (Lipinski definition) is 2. The summed E-state index contributed by atoms with van der Waals surface area (Å²) in [6.07, 6.45) is 6.09. The van der Waals surface area contributed by atoms with Crippen molar-refractivity contribution in [2.75, 3.05) is 23.3 Å². The summed E-state index contributed by atoms with van der Waals surface area (Å²) in [7, 11) is 0. The zero-order chi connectivity index (χ0) is 21.1. The molecule has 9 heteroatoms. The van der Waals surface area contributed by atoms with Crippen molar-refractivity contribution in [1.29, 1.82) is 0 Å². The second-order valence-electron chi connectivity index (χ2n) is 7.86. The molecule has 0 unspecified atom stereocenters. The number of aromatic nitrogens is 2. The average molecular weight is 410 g/mol. The van der Waals surface area contributed by atoms with Crippen LogP contribution in [0.15, 0.2) is 30.6 Å². The van der Waals surface area contributed by atoms with E-state index in [1.807, 2.05) is 6.07 Å². The largest absolute Gasteiger partial charge is 0.377 e. The lowest BCUT2D eigenvalue weighted by molar-refractivity contribution is -0.384. The Balaban J connectivity index is 1.40. The molecule has 2 aromatic rings. The number of nitro groups is 1. The Hall–Kier alpha value is -3.23. The highest BCUT2D eigenvalue weighted by atomic mass is 16.6. The molecule has 1 aliphatic carbocycles. The molecule has 30 heavy (non-hydrogen) atoms. The third-order valence-electron chi connectivity index (χ3n) is 5.62. The van der Waals surface area contributed by atoms with Crippen LogP contribution < -0.4 is 15.5 Å². The van der Waals surface area contributed by atoms with Crippen LogP contribution in [0.25, 0.3) is 0 Å². The molecular weight excluding hydrogens is 384 g/mol. The quantitative estimate of drug-likeness (QED) is 0.533. The molecule has 1 amide bonds. The van der Waals surface area contributed by atoms with Gasteiger partial charge in [0.2, 0.25) is 0 Å². The van der Waals surface area contributed by atoms with Gasteiger partial charge in [-0.05, 0) is 44.2 Å². The molecule has 0 atom stereocenters. The maximum Gasteiger partial charge on any atom is 0.293 e. The van der Waals surface area contributed by atoms with E-state index < -0.39 is 4.92 Å². The first-order valence-electron chi connectivity index (χ1n) is 10.4. The molecule has 0 spiro atoms. The number of nitrogens with one attached hydrogen (secondary N) is 2. The van der Waals surface area contributed by atoms with E-state index in [-0.39, 0.29) is 23.7 Å². The van der Waals surface area contributed by atoms with Crippen molar-refractivity contribution in [2.45, 2.75) is 51.1 Å². The molecule has 158 valence electrons. The number of piperidine rings is 1. The van der Waals surface area contributed by atoms with Gasteiger partial charge in [0, 0.05) is 48.6 Å². The first-order chi connectivity index (χ1) is 14.5. The van der Waals surface area contributed by atoms with Crippen LogP contribution >= 0.6 is 0 Å². The summed E-state index contributed by atoms with van der Waals surface area (Å²) in [6.45, 7) is 3.69.